The van der Waals surface area contributed by atoms with E-state index in [1.54, 1.807) is 19.2 Å². The molecule has 0 radical (unpaired) electrons. The van der Waals surface area contributed by atoms with Gasteiger partial charge in [0.05, 0.1) is 30.9 Å². The molecule has 0 aliphatic carbocycles. The Morgan fingerprint density at radius 1 is 1.23 bits per heavy atom. The number of morpholine rings is 1. The van der Waals surface area contributed by atoms with Crippen molar-refractivity contribution >= 4 is 51.9 Å². The van der Waals surface area contributed by atoms with E-state index >= 15 is 0 Å². The SMILES string of the molecule is COc1cc(Cl)cc(/C=C2\SC(=Nc3ccc(N4CCOCC4)cc3)N(C)C2=O)c1O. The molecule has 31 heavy (non-hydrogen) atoms. The smallest absolute Gasteiger partial charge is 0.266 e. The zero-order valence-electron chi connectivity index (χ0n) is 17.2. The van der Waals surface area contributed by atoms with Crippen LogP contribution in [-0.4, -0.2) is 61.5 Å². The van der Waals surface area contributed by atoms with E-state index in [-0.39, 0.29) is 17.4 Å². The van der Waals surface area contributed by atoms with Gasteiger partial charge in [0.1, 0.15) is 0 Å². The van der Waals surface area contributed by atoms with Crippen molar-refractivity contribution in [3.8, 4) is 11.5 Å². The summed E-state index contributed by atoms with van der Waals surface area (Å²) in [6.07, 6.45) is 1.59. The lowest BCUT2D eigenvalue weighted by atomic mass is 10.1. The fourth-order valence-electron chi connectivity index (χ4n) is 3.32. The molecule has 2 aliphatic rings. The number of ether oxygens (including phenoxy) is 2. The number of carbonyl (C=O) groups excluding carboxylic acids is 1. The van der Waals surface area contributed by atoms with Crippen LogP contribution in [0.15, 0.2) is 46.3 Å². The molecule has 2 aromatic carbocycles. The zero-order chi connectivity index (χ0) is 22.0. The number of carbonyl (C=O) groups is 1. The van der Waals surface area contributed by atoms with Gasteiger partial charge in [-0.25, -0.2) is 4.99 Å². The number of rotatable bonds is 4. The summed E-state index contributed by atoms with van der Waals surface area (Å²) in [4.78, 5) is 21.5. The molecule has 4 rings (SSSR count). The molecule has 0 aromatic heterocycles. The van der Waals surface area contributed by atoms with Crippen molar-refractivity contribution in [2.24, 2.45) is 4.99 Å². The maximum absolute atomic E-state index is 12.7. The normalized spacial score (nSPS) is 19.5. The maximum Gasteiger partial charge on any atom is 0.266 e. The number of likely N-dealkylation sites (N-methyl/N-ethyl adjacent to an activating group) is 1. The van der Waals surface area contributed by atoms with E-state index in [4.69, 9.17) is 21.1 Å². The molecule has 2 heterocycles. The minimum Gasteiger partial charge on any atom is -0.504 e. The van der Waals surface area contributed by atoms with Crippen LogP contribution in [0.3, 0.4) is 0 Å². The van der Waals surface area contributed by atoms with Crippen LogP contribution in [0.1, 0.15) is 5.56 Å². The number of methoxy groups -OCH3 is 1. The maximum atomic E-state index is 12.7. The lowest BCUT2D eigenvalue weighted by Gasteiger charge is -2.28. The Hall–Kier alpha value is -2.68. The summed E-state index contributed by atoms with van der Waals surface area (Å²) in [6.45, 7) is 3.21. The van der Waals surface area contributed by atoms with Crippen molar-refractivity contribution in [2.45, 2.75) is 0 Å². The van der Waals surface area contributed by atoms with Crippen molar-refractivity contribution in [1.29, 1.82) is 0 Å². The van der Waals surface area contributed by atoms with E-state index in [1.807, 2.05) is 24.3 Å². The molecular formula is C22H22ClN3O4S. The fourth-order valence-corrected chi connectivity index (χ4v) is 4.52. The Kier molecular flexibility index (Phi) is 6.41. The largest absolute Gasteiger partial charge is 0.504 e. The molecule has 2 aromatic rings. The van der Waals surface area contributed by atoms with Crippen molar-refractivity contribution in [2.75, 3.05) is 45.4 Å². The minimum atomic E-state index is -0.202. The predicted octanol–water partition coefficient (Wildman–Crippen LogP) is 4.12. The molecule has 162 valence electrons. The molecule has 0 atom stereocenters. The number of hydrogen-bond donors (Lipinski definition) is 1. The fraction of sp³-hybridized carbons (Fsp3) is 0.273. The lowest BCUT2D eigenvalue weighted by molar-refractivity contribution is -0.121. The van der Waals surface area contributed by atoms with Gasteiger partial charge in [-0.15, -0.1) is 0 Å². The number of amidine groups is 1. The van der Waals surface area contributed by atoms with Gasteiger partial charge in [-0.1, -0.05) is 11.6 Å². The van der Waals surface area contributed by atoms with Crippen molar-refractivity contribution < 1.29 is 19.4 Å². The third-order valence-electron chi connectivity index (χ3n) is 5.03. The Morgan fingerprint density at radius 2 is 1.94 bits per heavy atom. The molecule has 9 heteroatoms. The van der Waals surface area contributed by atoms with E-state index < -0.39 is 0 Å². The van der Waals surface area contributed by atoms with Crippen LogP contribution in [0.4, 0.5) is 11.4 Å². The number of halogens is 1. The Labute approximate surface area is 189 Å². The Morgan fingerprint density at radius 3 is 2.61 bits per heavy atom. The third-order valence-corrected chi connectivity index (χ3v) is 6.31. The minimum absolute atomic E-state index is 0.0699. The summed E-state index contributed by atoms with van der Waals surface area (Å²) in [6, 6.07) is 11.0. The van der Waals surface area contributed by atoms with Gasteiger partial charge in [0, 0.05) is 42.5 Å². The molecular weight excluding hydrogens is 438 g/mol. The second-order valence-electron chi connectivity index (χ2n) is 7.03. The predicted molar refractivity (Wildman–Crippen MR) is 125 cm³/mol. The number of thioether (sulfide) groups is 1. The molecule has 1 amide bonds. The summed E-state index contributed by atoms with van der Waals surface area (Å²) in [5, 5.41) is 11.3. The topological polar surface area (TPSA) is 74.6 Å². The first-order valence-electron chi connectivity index (χ1n) is 9.72. The van der Waals surface area contributed by atoms with Crippen molar-refractivity contribution in [3.05, 3.63) is 51.9 Å². The van der Waals surface area contributed by atoms with Crippen LogP contribution in [0.2, 0.25) is 5.02 Å². The van der Waals surface area contributed by atoms with E-state index in [9.17, 15) is 9.90 Å². The number of benzene rings is 2. The molecule has 0 saturated carbocycles. The van der Waals surface area contributed by atoms with Gasteiger partial charge >= 0.3 is 0 Å². The highest BCUT2D eigenvalue weighted by Crippen LogP contribution is 2.38. The number of aromatic hydroxyl groups is 1. The van der Waals surface area contributed by atoms with Gasteiger partial charge in [0.15, 0.2) is 16.7 Å². The van der Waals surface area contributed by atoms with E-state index in [1.165, 1.54) is 29.8 Å². The first-order chi connectivity index (χ1) is 15.0. The number of amides is 1. The van der Waals surface area contributed by atoms with E-state index in [0.717, 1.165) is 37.7 Å². The quantitative estimate of drug-likeness (QED) is 0.693. The Bertz CT molecular complexity index is 1050. The summed E-state index contributed by atoms with van der Waals surface area (Å²) >= 11 is 7.34. The summed E-state index contributed by atoms with van der Waals surface area (Å²) in [5.74, 6) is -0.0241. The first-order valence-corrected chi connectivity index (χ1v) is 10.9. The van der Waals surface area contributed by atoms with Crippen molar-refractivity contribution in [3.63, 3.8) is 0 Å². The summed E-state index contributed by atoms with van der Waals surface area (Å²) < 4.78 is 10.5. The average molecular weight is 460 g/mol. The number of hydrogen-bond acceptors (Lipinski definition) is 7. The highest BCUT2D eigenvalue weighted by Gasteiger charge is 2.31. The van der Waals surface area contributed by atoms with Crippen LogP contribution in [0.25, 0.3) is 6.08 Å². The van der Waals surface area contributed by atoms with E-state index in [0.29, 0.717) is 20.7 Å². The molecule has 2 saturated heterocycles. The van der Waals surface area contributed by atoms with Crippen LogP contribution in [-0.2, 0) is 9.53 Å². The molecule has 0 unspecified atom stereocenters. The van der Waals surface area contributed by atoms with Gasteiger partial charge in [-0.05, 0) is 48.2 Å². The Balaban J connectivity index is 1.56. The number of aliphatic imine (C=N–C) groups is 1. The van der Waals surface area contributed by atoms with Crippen LogP contribution in [0.5, 0.6) is 11.5 Å². The lowest BCUT2D eigenvalue weighted by Crippen LogP contribution is -2.36. The van der Waals surface area contributed by atoms with Crippen LogP contribution >= 0.6 is 23.4 Å². The number of nitrogens with zero attached hydrogens (tertiary/aromatic N) is 3. The first kappa shape index (κ1) is 21.5. The van der Waals surface area contributed by atoms with Gasteiger partial charge in [-0.3, -0.25) is 9.69 Å². The molecule has 2 aliphatic heterocycles. The summed E-state index contributed by atoms with van der Waals surface area (Å²) in [5.41, 5.74) is 2.29. The highest BCUT2D eigenvalue weighted by atomic mass is 35.5. The monoisotopic (exact) mass is 459 g/mol. The zero-order valence-corrected chi connectivity index (χ0v) is 18.7. The third kappa shape index (κ3) is 4.66. The van der Waals surface area contributed by atoms with Gasteiger partial charge in [-0.2, -0.15) is 0 Å². The average Bonchev–Trinajstić information content (AvgIpc) is 3.04. The van der Waals surface area contributed by atoms with Crippen molar-refractivity contribution in [1.82, 2.24) is 4.90 Å². The highest BCUT2D eigenvalue weighted by molar-refractivity contribution is 8.18. The number of anilines is 1. The standard InChI is InChI=1S/C22H22ClN3O4S/c1-25-21(28)19(12-14-11-15(23)13-18(29-2)20(14)27)31-22(25)24-16-3-5-17(6-4-16)26-7-9-30-10-8-26/h3-6,11-13,27H,7-10H2,1-2H3/b19-12-,24-22?. The second-order valence-corrected chi connectivity index (χ2v) is 8.48. The van der Waals surface area contributed by atoms with Crippen LogP contribution in [0, 0.1) is 0 Å². The molecule has 0 spiro atoms. The molecule has 0 bridgehead atoms. The van der Waals surface area contributed by atoms with Gasteiger partial charge < -0.3 is 19.5 Å². The molecule has 1 N–H and O–H groups in total. The second kappa shape index (κ2) is 9.21. The van der Waals surface area contributed by atoms with Gasteiger partial charge in [0.25, 0.3) is 5.91 Å². The molecule has 7 nitrogen and oxygen atoms in total. The summed E-state index contributed by atoms with van der Waals surface area (Å²) in [7, 11) is 3.12. The van der Waals surface area contributed by atoms with Crippen LogP contribution < -0.4 is 9.64 Å². The molecule has 2 fully saturated rings. The van der Waals surface area contributed by atoms with Gasteiger partial charge in [0.2, 0.25) is 0 Å². The number of phenolic OH excluding ortho intramolecular Hbond substituents is 1. The number of phenols is 1. The van der Waals surface area contributed by atoms with E-state index in [2.05, 4.69) is 9.89 Å².